The standard InChI is InChI=1S/C21H28N6O2S/c1-5-30-21-25-18(23-12-14(2)3)17-13-24-27(19(17)26-21)11-10-22-20(28)15-6-8-16(29-4)9-7-15/h6-9,13-14H,5,10-12H2,1-4H3,(H,22,28)(H,23,25,26). The fourth-order valence-electron chi connectivity index (χ4n) is 2.85. The van der Waals surface area contributed by atoms with Gasteiger partial charge < -0.3 is 15.4 Å². The van der Waals surface area contributed by atoms with Crippen LogP contribution in [-0.4, -0.2) is 51.6 Å². The minimum absolute atomic E-state index is 0.134. The molecule has 0 saturated heterocycles. The molecule has 0 bridgehead atoms. The van der Waals surface area contributed by atoms with Gasteiger partial charge in [-0.2, -0.15) is 5.10 Å². The van der Waals surface area contributed by atoms with Crippen molar-refractivity contribution in [3.63, 3.8) is 0 Å². The predicted octanol–water partition coefficient (Wildman–Crippen LogP) is 3.44. The Kier molecular flexibility index (Phi) is 7.51. The van der Waals surface area contributed by atoms with Crippen molar-refractivity contribution in [1.29, 1.82) is 0 Å². The molecule has 0 unspecified atom stereocenters. The Morgan fingerprint density at radius 3 is 2.67 bits per heavy atom. The van der Waals surface area contributed by atoms with Gasteiger partial charge in [-0.3, -0.25) is 4.79 Å². The van der Waals surface area contributed by atoms with Crippen molar-refractivity contribution in [2.24, 2.45) is 5.92 Å². The molecule has 0 saturated carbocycles. The number of rotatable bonds is 10. The van der Waals surface area contributed by atoms with Crippen LogP contribution in [0.15, 0.2) is 35.6 Å². The number of methoxy groups -OCH3 is 1. The van der Waals surface area contributed by atoms with Crippen molar-refractivity contribution < 1.29 is 9.53 Å². The highest BCUT2D eigenvalue weighted by Gasteiger charge is 2.14. The molecule has 0 fully saturated rings. The third kappa shape index (κ3) is 5.41. The van der Waals surface area contributed by atoms with E-state index in [-0.39, 0.29) is 5.91 Å². The van der Waals surface area contributed by atoms with Crippen LogP contribution in [0.4, 0.5) is 5.82 Å². The average Bonchev–Trinajstić information content (AvgIpc) is 3.15. The van der Waals surface area contributed by atoms with Gasteiger partial charge in [0.2, 0.25) is 0 Å². The first-order valence-electron chi connectivity index (χ1n) is 10.0. The highest BCUT2D eigenvalue weighted by molar-refractivity contribution is 7.99. The van der Waals surface area contributed by atoms with E-state index >= 15 is 0 Å². The first-order chi connectivity index (χ1) is 14.5. The van der Waals surface area contributed by atoms with E-state index < -0.39 is 0 Å². The summed E-state index contributed by atoms with van der Waals surface area (Å²) >= 11 is 1.60. The van der Waals surface area contributed by atoms with Gasteiger partial charge in [-0.25, -0.2) is 14.6 Å². The zero-order chi connectivity index (χ0) is 21.5. The molecule has 9 heteroatoms. The molecule has 2 N–H and O–H groups in total. The second kappa shape index (κ2) is 10.3. The van der Waals surface area contributed by atoms with Crippen LogP contribution in [0, 0.1) is 5.92 Å². The maximum atomic E-state index is 12.4. The molecule has 1 aromatic carbocycles. The SMILES string of the molecule is CCSc1nc(NCC(C)C)c2cnn(CCNC(=O)c3ccc(OC)cc3)c2n1. The number of anilines is 1. The van der Waals surface area contributed by atoms with E-state index in [9.17, 15) is 4.79 Å². The summed E-state index contributed by atoms with van der Waals surface area (Å²) in [6.07, 6.45) is 1.78. The molecule has 30 heavy (non-hydrogen) atoms. The molecule has 0 aliphatic heterocycles. The first kappa shape index (κ1) is 21.9. The number of hydrogen-bond donors (Lipinski definition) is 2. The normalized spacial score (nSPS) is 11.1. The van der Waals surface area contributed by atoms with E-state index in [1.54, 1.807) is 49.3 Å². The lowest BCUT2D eigenvalue weighted by molar-refractivity contribution is 0.0952. The summed E-state index contributed by atoms with van der Waals surface area (Å²) in [4.78, 5) is 21.7. The zero-order valence-electron chi connectivity index (χ0n) is 17.8. The lowest BCUT2D eigenvalue weighted by Crippen LogP contribution is -2.27. The smallest absolute Gasteiger partial charge is 0.251 e. The van der Waals surface area contributed by atoms with Gasteiger partial charge in [-0.1, -0.05) is 32.5 Å². The number of carbonyl (C=O) groups is 1. The van der Waals surface area contributed by atoms with Gasteiger partial charge in [0.25, 0.3) is 5.91 Å². The number of hydrogen-bond acceptors (Lipinski definition) is 7. The number of thioether (sulfide) groups is 1. The predicted molar refractivity (Wildman–Crippen MR) is 120 cm³/mol. The van der Waals surface area contributed by atoms with Crippen molar-refractivity contribution >= 4 is 34.5 Å². The number of fused-ring (bicyclic) bond motifs is 1. The summed E-state index contributed by atoms with van der Waals surface area (Å²) in [5, 5.41) is 12.4. The highest BCUT2D eigenvalue weighted by atomic mass is 32.2. The van der Waals surface area contributed by atoms with Crippen molar-refractivity contribution in [2.45, 2.75) is 32.5 Å². The molecule has 0 spiro atoms. The molecule has 3 aromatic rings. The molecular formula is C21H28N6O2S. The third-order valence-corrected chi connectivity index (χ3v) is 5.12. The highest BCUT2D eigenvalue weighted by Crippen LogP contribution is 2.24. The zero-order valence-corrected chi connectivity index (χ0v) is 18.6. The van der Waals surface area contributed by atoms with E-state index in [1.807, 2.05) is 4.68 Å². The van der Waals surface area contributed by atoms with Gasteiger partial charge in [0.1, 0.15) is 11.6 Å². The maximum Gasteiger partial charge on any atom is 0.251 e. The Morgan fingerprint density at radius 2 is 2.00 bits per heavy atom. The molecular weight excluding hydrogens is 400 g/mol. The summed E-state index contributed by atoms with van der Waals surface area (Å²) in [7, 11) is 1.60. The van der Waals surface area contributed by atoms with Gasteiger partial charge in [0.15, 0.2) is 10.8 Å². The fraction of sp³-hybridized carbons (Fsp3) is 0.429. The molecule has 160 valence electrons. The van der Waals surface area contributed by atoms with E-state index in [4.69, 9.17) is 4.74 Å². The lowest BCUT2D eigenvalue weighted by Gasteiger charge is -2.11. The number of ether oxygens (including phenoxy) is 1. The molecule has 0 radical (unpaired) electrons. The van der Waals surface area contributed by atoms with Gasteiger partial charge in [0, 0.05) is 18.7 Å². The number of nitrogens with one attached hydrogen (secondary N) is 2. The molecule has 1 amide bonds. The van der Waals surface area contributed by atoms with Crippen LogP contribution in [0.1, 0.15) is 31.1 Å². The summed E-state index contributed by atoms with van der Waals surface area (Å²) in [5.74, 6) is 2.78. The number of benzene rings is 1. The average molecular weight is 429 g/mol. The Hall–Kier alpha value is -2.81. The van der Waals surface area contributed by atoms with E-state index in [2.05, 4.69) is 46.5 Å². The summed E-state index contributed by atoms with van der Waals surface area (Å²) in [6.45, 7) is 8.17. The van der Waals surface area contributed by atoms with Crippen LogP contribution in [0.3, 0.4) is 0 Å². The lowest BCUT2D eigenvalue weighted by atomic mass is 10.2. The van der Waals surface area contributed by atoms with Crippen LogP contribution in [0.5, 0.6) is 5.75 Å². The minimum atomic E-state index is -0.134. The van der Waals surface area contributed by atoms with Crippen molar-refractivity contribution in [3.8, 4) is 5.75 Å². The Labute approximate surface area is 180 Å². The molecule has 0 atom stereocenters. The van der Waals surface area contributed by atoms with Crippen LogP contribution < -0.4 is 15.4 Å². The summed E-state index contributed by atoms with van der Waals surface area (Å²) in [5.41, 5.74) is 1.36. The fourth-order valence-corrected chi connectivity index (χ4v) is 3.41. The monoisotopic (exact) mass is 428 g/mol. The van der Waals surface area contributed by atoms with Crippen molar-refractivity contribution in [1.82, 2.24) is 25.1 Å². The van der Waals surface area contributed by atoms with Crippen LogP contribution in [0.25, 0.3) is 11.0 Å². The van der Waals surface area contributed by atoms with Crippen LogP contribution in [-0.2, 0) is 6.54 Å². The van der Waals surface area contributed by atoms with Crippen molar-refractivity contribution in [2.75, 3.05) is 31.3 Å². The number of nitrogens with zero attached hydrogens (tertiary/aromatic N) is 4. The Balaban J connectivity index is 1.71. The molecule has 2 aromatic heterocycles. The number of amides is 1. The summed E-state index contributed by atoms with van der Waals surface area (Å²) < 4.78 is 6.94. The molecule has 8 nitrogen and oxygen atoms in total. The second-order valence-corrected chi connectivity index (χ2v) is 8.38. The van der Waals surface area contributed by atoms with E-state index in [0.717, 1.165) is 40.1 Å². The van der Waals surface area contributed by atoms with Gasteiger partial charge in [-0.15, -0.1) is 0 Å². The van der Waals surface area contributed by atoms with Crippen molar-refractivity contribution in [3.05, 3.63) is 36.0 Å². The summed E-state index contributed by atoms with van der Waals surface area (Å²) in [6, 6.07) is 7.02. The molecule has 3 rings (SSSR count). The third-order valence-electron chi connectivity index (χ3n) is 4.39. The maximum absolute atomic E-state index is 12.4. The van der Waals surface area contributed by atoms with Crippen LogP contribution in [0.2, 0.25) is 0 Å². The van der Waals surface area contributed by atoms with Gasteiger partial charge in [-0.05, 0) is 35.9 Å². The van der Waals surface area contributed by atoms with E-state index in [1.165, 1.54) is 0 Å². The quantitative estimate of drug-likeness (QED) is 0.377. The molecule has 0 aliphatic rings. The molecule has 2 heterocycles. The number of carbonyl (C=O) groups excluding carboxylic acids is 1. The van der Waals surface area contributed by atoms with Gasteiger partial charge in [0.05, 0.1) is 25.2 Å². The van der Waals surface area contributed by atoms with E-state index in [0.29, 0.717) is 24.6 Å². The molecule has 0 aliphatic carbocycles. The Morgan fingerprint density at radius 1 is 1.23 bits per heavy atom. The second-order valence-electron chi connectivity index (χ2n) is 7.15. The van der Waals surface area contributed by atoms with Gasteiger partial charge >= 0.3 is 0 Å². The van der Waals surface area contributed by atoms with Crippen LogP contribution >= 0.6 is 11.8 Å². The number of aromatic nitrogens is 4. The minimum Gasteiger partial charge on any atom is -0.497 e. The topological polar surface area (TPSA) is 94.0 Å². The largest absolute Gasteiger partial charge is 0.497 e. The first-order valence-corrected chi connectivity index (χ1v) is 11.0. The Bertz CT molecular complexity index is 987.